The van der Waals surface area contributed by atoms with Gasteiger partial charge in [-0.25, -0.2) is 12.7 Å². The minimum Gasteiger partial charge on any atom is -0.318 e. The van der Waals surface area contributed by atoms with Gasteiger partial charge in [-0.15, -0.1) is 0 Å². The topological polar surface area (TPSA) is 49.4 Å². The maximum Gasteiger partial charge on any atom is 0.217 e. The number of nitrogens with one attached hydrogen (secondary N) is 1. The summed E-state index contributed by atoms with van der Waals surface area (Å²) in [6.07, 6.45) is 6.21. The van der Waals surface area contributed by atoms with E-state index in [2.05, 4.69) is 5.32 Å². The van der Waals surface area contributed by atoms with Crippen LogP contribution < -0.4 is 5.32 Å². The molecule has 0 bridgehead atoms. The average Bonchev–Trinajstić information content (AvgIpc) is 2.38. The lowest BCUT2D eigenvalue weighted by molar-refractivity contribution is 0.136. The molecule has 2 aliphatic rings. The Morgan fingerprint density at radius 2 is 1.89 bits per heavy atom. The number of sulfonamides is 1. The van der Waals surface area contributed by atoms with Gasteiger partial charge in [0.2, 0.25) is 10.0 Å². The van der Waals surface area contributed by atoms with Crippen molar-refractivity contribution in [1.29, 1.82) is 0 Å². The normalized spacial score (nSPS) is 31.9. The van der Waals surface area contributed by atoms with Crippen LogP contribution >= 0.6 is 0 Å². The smallest absolute Gasteiger partial charge is 0.217 e. The largest absolute Gasteiger partial charge is 0.318 e. The van der Waals surface area contributed by atoms with E-state index in [4.69, 9.17) is 0 Å². The fraction of sp³-hybridized carbons (Fsp3) is 1.00. The Kier molecular flexibility index (Phi) is 4.67. The lowest BCUT2D eigenvalue weighted by Crippen LogP contribution is -2.49. The van der Waals surface area contributed by atoms with Crippen molar-refractivity contribution in [2.45, 2.75) is 44.3 Å². The molecule has 0 aromatic carbocycles. The highest BCUT2D eigenvalue weighted by molar-refractivity contribution is 7.89. The molecule has 2 rings (SSSR count). The summed E-state index contributed by atoms with van der Waals surface area (Å²) in [5.74, 6) is 1.40. The van der Waals surface area contributed by atoms with Crippen LogP contribution in [0.4, 0.5) is 0 Å². The Balaban J connectivity index is 2.01. The minimum absolute atomic E-state index is 0.317. The summed E-state index contributed by atoms with van der Waals surface area (Å²) in [5.41, 5.74) is 0. The zero-order valence-corrected chi connectivity index (χ0v) is 12.4. The van der Waals surface area contributed by atoms with Crippen LogP contribution in [-0.4, -0.2) is 44.7 Å². The Morgan fingerprint density at radius 3 is 2.56 bits per heavy atom. The fourth-order valence-electron chi connectivity index (χ4n) is 3.45. The lowest BCUT2D eigenvalue weighted by atomic mass is 9.76. The van der Waals surface area contributed by atoms with E-state index in [9.17, 15) is 8.42 Å². The molecule has 0 aromatic heterocycles. The second-order valence-corrected chi connectivity index (χ2v) is 8.22. The van der Waals surface area contributed by atoms with Crippen LogP contribution in [0.1, 0.15) is 39.0 Å². The van der Waals surface area contributed by atoms with Gasteiger partial charge in [-0.2, -0.15) is 0 Å². The van der Waals surface area contributed by atoms with E-state index in [0.717, 1.165) is 25.4 Å². The molecule has 3 atom stereocenters. The molecule has 1 N–H and O–H groups in total. The highest BCUT2D eigenvalue weighted by atomic mass is 32.2. The number of rotatable bonds is 4. The summed E-state index contributed by atoms with van der Waals surface area (Å²) in [6, 6.07) is 0. The summed E-state index contributed by atoms with van der Waals surface area (Å²) in [6.45, 7) is 3.84. The highest BCUT2D eigenvalue weighted by Gasteiger charge is 2.37. The first-order valence-electron chi connectivity index (χ1n) is 7.19. The predicted octanol–water partition coefficient (Wildman–Crippen LogP) is 1.44. The molecule has 4 nitrogen and oxygen atoms in total. The van der Waals surface area contributed by atoms with Crippen molar-refractivity contribution in [2.24, 2.45) is 11.8 Å². The fourth-order valence-corrected chi connectivity index (χ4v) is 5.09. The first-order chi connectivity index (χ1) is 8.55. The van der Waals surface area contributed by atoms with E-state index in [1.807, 2.05) is 0 Å². The lowest BCUT2D eigenvalue weighted by Gasteiger charge is -2.41. The van der Waals surface area contributed by atoms with Gasteiger partial charge in [0.15, 0.2) is 0 Å². The van der Waals surface area contributed by atoms with E-state index >= 15 is 0 Å². The van der Waals surface area contributed by atoms with E-state index in [-0.39, 0.29) is 5.25 Å². The van der Waals surface area contributed by atoms with Crippen molar-refractivity contribution >= 4 is 10.0 Å². The van der Waals surface area contributed by atoms with E-state index < -0.39 is 10.0 Å². The quantitative estimate of drug-likeness (QED) is 0.844. The van der Waals surface area contributed by atoms with Gasteiger partial charge < -0.3 is 5.32 Å². The number of piperidine rings is 1. The SMILES string of the molecule is CNCC(C)S(=O)(=O)N1CCC2CCCCC2C1. The van der Waals surface area contributed by atoms with Crippen LogP contribution in [0.15, 0.2) is 0 Å². The van der Waals surface area contributed by atoms with Gasteiger partial charge in [0.1, 0.15) is 0 Å². The summed E-state index contributed by atoms with van der Waals surface area (Å²) in [5, 5.41) is 2.65. The molecule has 5 heteroatoms. The third kappa shape index (κ3) is 2.89. The van der Waals surface area contributed by atoms with Crippen molar-refractivity contribution < 1.29 is 8.42 Å². The molecule has 3 unspecified atom stereocenters. The van der Waals surface area contributed by atoms with Gasteiger partial charge in [0.25, 0.3) is 0 Å². The third-order valence-electron chi connectivity index (χ3n) is 4.61. The first-order valence-corrected chi connectivity index (χ1v) is 8.69. The standard InChI is InChI=1S/C13H26N2O2S/c1-11(9-14-2)18(16,17)15-8-7-12-5-3-4-6-13(12)10-15/h11-14H,3-10H2,1-2H3. The van der Waals surface area contributed by atoms with Gasteiger partial charge in [-0.05, 0) is 38.6 Å². The van der Waals surface area contributed by atoms with Crippen LogP contribution in [0.3, 0.4) is 0 Å². The molecular formula is C13H26N2O2S. The Bertz CT molecular complexity index is 369. The van der Waals surface area contributed by atoms with Gasteiger partial charge >= 0.3 is 0 Å². The minimum atomic E-state index is -3.10. The molecule has 18 heavy (non-hydrogen) atoms. The Hall–Kier alpha value is -0.130. The second-order valence-electron chi connectivity index (χ2n) is 5.86. The molecular weight excluding hydrogens is 248 g/mol. The third-order valence-corrected chi connectivity index (χ3v) is 6.85. The summed E-state index contributed by atoms with van der Waals surface area (Å²) < 4.78 is 26.6. The van der Waals surface area contributed by atoms with Gasteiger partial charge in [0.05, 0.1) is 5.25 Å². The van der Waals surface area contributed by atoms with Crippen LogP contribution in [0.5, 0.6) is 0 Å². The van der Waals surface area contributed by atoms with Crippen molar-refractivity contribution in [3.05, 3.63) is 0 Å². The Labute approximate surface area is 111 Å². The summed E-state index contributed by atoms with van der Waals surface area (Å²) >= 11 is 0. The molecule has 0 amide bonds. The summed E-state index contributed by atoms with van der Waals surface area (Å²) in [7, 11) is -1.30. The number of hydrogen-bond donors (Lipinski definition) is 1. The highest BCUT2D eigenvalue weighted by Crippen LogP contribution is 2.37. The maximum atomic E-state index is 12.4. The molecule has 0 radical (unpaired) electrons. The molecule has 1 saturated heterocycles. The van der Waals surface area contributed by atoms with Gasteiger partial charge in [-0.1, -0.05) is 19.3 Å². The zero-order valence-electron chi connectivity index (χ0n) is 11.6. The molecule has 1 aliphatic carbocycles. The zero-order chi connectivity index (χ0) is 13.2. The van der Waals surface area contributed by atoms with Gasteiger partial charge in [0, 0.05) is 19.6 Å². The number of hydrogen-bond acceptors (Lipinski definition) is 3. The van der Waals surface area contributed by atoms with Crippen LogP contribution in [0.2, 0.25) is 0 Å². The predicted molar refractivity (Wildman–Crippen MR) is 73.9 cm³/mol. The Morgan fingerprint density at radius 1 is 1.22 bits per heavy atom. The molecule has 1 saturated carbocycles. The molecule has 0 aromatic rings. The molecule has 0 spiro atoms. The van der Waals surface area contributed by atoms with E-state index in [0.29, 0.717) is 12.5 Å². The molecule has 106 valence electrons. The van der Waals surface area contributed by atoms with Crippen molar-refractivity contribution in [3.63, 3.8) is 0 Å². The number of nitrogens with zero attached hydrogens (tertiary/aromatic N) is 1. The van der Waals surface area contributed by atoms with Crippen molar-refractivity contribution in [3.8, 4) is 0 Å². The monoisotopic (exact) mass is 274 g/mol. The van der Waals surface area contributed by atoms with Crippen molar-refractivity contribution in [2.75, 3.05) is 26.7 Å². The maximum absolute atomic E-state index is 12.4. The summed E-state index contributed by atoms with van der Waals surface area (Å²) in [4.78, 5) is 0. The van der Waals surface area contributed by atoms with Crippen molar-refractivity contribution in [1.82, 2.24) is 9.62 Å². The second kappa shape index (κ2) is 5.88. The van der Waals surface area contributed by atoms with Gasteiger partial charge in [-0.3, -0.25) is 0 Å². The van der Waals surface area contributed by atoms with Crippen LogP contribution in [-0.2, 0) is 10.0 Å². The number of fused-ring (bicyclic) bond motifs is 1. The van der Waals surface area contributed by atoms with Crippen LogP contribution in [0.25, 0.3) is 0 Å². The average molecular weight is 274 g/mol. The molecule has 2 fully saturated rings. The first kappa shape index (κ1) is 14.3. The van der Waals surface area contributed by atoms with Crippen LogP contribution in [0, 0.1) is 11.8 Å². The van der Waals surface area contributed by atoms with E-state index in [1.54, 1.807) is 18.3 Å². The van der Waals surface area contributed by atoms with E-state index in [1.165, 1.54) is 25.7 Å². The molecule has 1 aliphatic heterocycles. The molecule has 1 heterocycles.